The minimum Gasteiger partial charge on any atom is -0.488 e. The van der Waals surface area contributed by atoms with Crippen LogP contribution in [0, 0.1) is 0 Å². The van der Waals surface area contributed by atoms with E-state index in [1.165, 1.54) is 0 Å². The van der Waals surface area contributed by atoms with Gasteiger partial charge in [0.25, 0.3) is 0 Å². The van der Waals surface area contributed by atoms with Crippen LogP contribution in [0.5, 0.6) is 5.75 Å². The first kappa shape index (κ1) is 13.0. The van der Waals surface area contributed by atoms with E-state index < -0.39 is 0 Å². The molecule has 0 fully saturated rings. The van der Waals surface area contributed by atoms with Gasteiger partial charge in [0, 0.05) is 16.1 Å². The molecule has 0 bridgehead atoms. The number of ether oxygens (including phenoxy) is 1. The highest BCUT2D eigenvalue weighted by Crippen LogP contribution is 2.31. The predicted molar refractivity (Wildman–Crippen MR) is 80.0 cm³/mol. The fraction of sp³-hybridized carbons (Fsp3) is 0.125. The number of aromatic amines is 1. The van der Waals surface area contributed by atoms with Crippen LogP contribution in [0.15, 0.2) is 48.5 Å². The van der Waals surface area contributed by atoms with Gasteiger partial charge in [0.05, 0.1) is 12.1 Å². The van der Waals surface area contributed by atoms with Gasteiger partial charge in [0.2, 0.25) is 0 Å². The maximum absolute atomic E-state index is 9.20. The summed E-state index contributed by atoms with van der Waals surface area (Å²) >= 11 is 6.10. The third kappa shape index (κ3) is 2.64. The quantitative estimate of drug-likeness (QED) is 0.764. The Bertz CT molecular complexity index is 722. The second kappa shape index (κ2) is 5.57. The third-order valence-corrected chi connectivity index (χ3v) is 3.35. The Balaban J connectivity index is 1.92. The van der Waals surface area contributed by atoms with E-state index >= 15 is 0 Å². The predicted octanol–water partition coefficient (Wildman–Crippen LogP) is 3.89. The largest absolute Gasteiger partial charge is 0.488 e. The zero-order chi connectivity index (χ0) is 13.9. The summed E-state index contributed by atoms with van der Waals surface area (Å²) in [6.07, 6.45) is 0. The van der Waals surface area contributed by atoms with Crippen molar-refractivity contribution >= 4 is 22.5 Å². The topological polar surface area (TPSA) is 45.2 Å². The second-order valence-electron chi connectivity index (χ2n) is 4.59. The molecule has 3 aromatic rings. The molecule has 0 aliphatic rings. The van der Waals surface area contributed by atoms with Gasteiger partial charge in [-0.05, 0) is 23.8 Å². The minimum atomic E-state index is -0.0373. The smallest absolute Gasteiger partial charge is 0.130 e. The van der Waals surface area contributed by atoms with Crippen molar-refractivity contribution in [2.24, 2.45) is 0 Å². The van der Waals surface area contributed by atoms with Crippen molar-refractivity contribution in [3.63, 3.8) is 0 Å². The van der Waals surface area contributed by atoms with Gasteiger partial charge in [-0.1, -0.05) is 41.9 Å². The van der Waals surface area contributed by atoms with Gasteiger partial charge < -0.3 is 14.8 Å². The molecule has 0 aliphatic carbocycles. The van der Waals surface area contributed by atoms with E-state index in [9.17, 15) is 5.11 Å². The maximum atomic E-state index is 9.20. The molecular formula is C16H14ClNO2. The van der Waals surface area contributed by atoms with Crippen LogP contribution >= 0.6 is 11.6 Å². The molecule has 0 amide bonds. The number of rotatable bonds is 4. The molecule has 0 unspecified atom stereocenters. The number of fused-ring (bicyclic) bond motifs is 1. The molecule has 2 N–H and O–H groups in total. The highest BCUT2D eigenvalue weighted by molar-refractivity contribution is 6.31. The fourth-order valence-electron chi connectivity index (χ4n) is 2.17. The van der Waals surface area contributed by atoms with Gasteiger partial charge in [-0.2, -0.15) is 0 Å². The number of aliphatic hydroxyl groups is 1. The minimum absolute atomic E-state index is 0.0373. The first-order valence-corrected chi connectivity index (χ1v) is 6.73. The van der Waals surface area contributed by atoms with E-state index in [1.807, 2.05) is 42.5 Å². The fourth-order valence-corrected chi connectivity index (χ4v) is 2.38. The van der Waals surface area contributed by atoms with Crippen molar-refractivity contribution in [2.45, 2.75) is 13.2 Å². The number of benzene rings is 2. The molecule has 3 rings (SSSR count). The molecule has 1 aromatic heterocycles. The van der Waals surface area contributed by atoms with Gasteiger partial charge in [-0.25, -0.2) is 0 Å². The Morgan fingerprint density at radius 1 is 1.10 bits per heavy atom. The molecule has 102 valence electrons. The van der Waals surface area contributed by atoms with Crippen LogP contribution < -0.4 is 4.74 Å². The summed E-state index contributed by atoms with van der Waals surface area (Å²) in [7, 11) is 0. The SMILES string of the molecule is OCc1cc2c(OCc3ccccc3)cc(Cl)cc2[nH]1. The number of nitrogens with one attached hydrogen (secondary N) is 1. The van der Waals surface area contributed by atoms with E-state index in [-0.39, 0.29) is 6.61 Å². The molecular weight excluding hydrogens is 274 g/mol. The number of hydrogen-bond donors (Lipinski definition) is 2. The van der Waals surface area contributed by atoms with Crippen LogP contribution in [0.2, 0.25) is 5.02 Å². The standard InChI is InChI=1S/C16H14ClNO2/c17-12-6-15-14(8-13(9-19)18-15)16(7-12)20-10-11-4-2-1-3-5-11/h1-8,18-19H,9-10H2. The van der Waals surface area contributed by atoms with Gasteiger partial charge in [0.15, 0.2) is 0 Å². The average Bonchev–Trinajstić information content (AvgIpc) is 2.88. The van der Waals surface area contributed by atoms with Crippen molar-refractivity contribution in [3.8, 4) is 5.75 Å². The van der Waals surface area contributed by atoms with E-state index in [0.29, 0.717) is 17.4 Å². The highest BCUT2D eigenvalue weighted by atomic mass is 35.5. The molecule has 0 saturated heterocycles. The normalized spacial score (nSPS) is 10.9. The molecule has 2 aromatic carbocycles. The Hall–Kier alpha value is -1.97. The molecule has 0 aliphatic heterocycles. The van der Waals surface area contributed by atoms with E-state index in [1.54, 1.807) is 6.07 Å². The number of halogens is 1. The van der Waals surface area contributed by atoms with Crippen molar-refractivity contribution < 1.29 is 9.84 Å². The summed E-state index contributed by atoms with van der Waals surface area (Å²) in [6.45, 7) is 0.445. The first-order chi connectivity index (χ1) is 9.76. The Kier molecular flexibility index (Phi) is 3.63. The summed E-state index contributed by atoms with van der Waals surface area (Å²) in [5.41, 5.74) is 2.70. The highest BCUT2D eigenvalue weighted by Gasteiger charge is 2.08. The van der Waals surface area contributed by atoms with Gasteiger partial charge in [-0.3, -0.25) is 0 Å². The summed E-state index contributed by atoms with van der Waals surface area (Å²) in [5.74, 6) is 0.715. The lowest BCUT2D eigenvalue weighted by molar-refractivity contribution is 0.278. The van der Waals surface area contributed by atoms with Gasteiger partial charge >= 0.3 is 0 Å². The van der Waals surface area contributed by atoms with E-state index in [2.05, 4.69) is 4.98 Å². The van der Waals surface area contributed by atoms with Crippen molar-refractivity contribution in [2.75, 3.05) is 0 Å². The number of aromatic nitrogens is 1. The van der Waals surface area contributed by atoms with E-state index in [0.717, 1.165) is 22.2 Å². The van der Waals surface area contributed by atoms with Crippen LogP contribution in [-0.2, 0) is 13.2 Å². The molecule has 4 heteroatoms. The van der Waals surface area contributed by atoms with Gasteiger partial charge in [0.1, 0.15) is 12.4 Å². The van der Waals surface area contributed by atoms with Crippen LogP contribution in [-0.4, -0.2) is 10.1 Å². The number of hydrogen-bond acceptors (Lipinski definition) is 2. The molecule has 1 heterocycles. The average molecular weight is 288 g/mol. The lowest BCUT2D eigenvalue weighted by Crippen LogP contribution is -1.95. The molecule has 3 nitrogen and oxygen atoms in total. The molecule has 0 atom stereocenters. The Labute approximate surface area is 121 Å². The summed E-state index contributed by atoms with van der Waals surface area (Å²) in [5, 5.41) is 10.7. The lowest BCUT2D eigenvalue weighted by atomic mass is 10.2. The van der Waals surface area contributed by atoms with Gasteiger partial charge in [-0.15, -0.1) is 0 Å². The molecule has 20 heavy (non-hydrogen) atoms. The lowest BCUT2D eigenvalue weighted by Gasteiger charge is -2.08. The van der Waals surface area contributed by atoms with E-state index in [4.69, 9.17) is 16.3 Å². The maximum Gasteiger partial charge on any atom is 0.130 e. The van der Waals surface area contributed by atoms with Crippen LogP contribution in [0.4, 0.5) is 0 Å². The third-order valence-electron chi connectivity index (χ3n) is 3.13. The Morgan fingerprint density at radius 2 is 1.90 bits per heavy atom. The van der Waals surface area contributed by atoms with Crippen LogP contribution in [0.25, 0.3) is 10.9 Å². The zero-order valence-corrected chi connectivity index (χ0v) is 11.5. The van der Waals surface area contributed by atoms with Crippen molar-refractivity contribution in [1.29, 1.82) is 0 Å². The van der Waals surface area contributed by atoms with Crippen LogP contribution in [0.1, 0.15) is 11.3 Å². The monoisotopic (exact) mass is 287 g/mol. The second-order valence-corrected chi connectivity index (χ2v) is 5.03. The van der Waals surface area contributed by atoms with Crippen LogP contribution in [0.3, 0.4) is 0 Å². The summed E-state index contributed by atoms with van der Waals surface area (Å²) in [4.78, 5) is 3.11. The molecule has 0 saturated carbocycles. The number of H-pyrrole nitrogens is 1. The number of aliphatic hydroxyl groups excluding tert-OH is 1. The summed E-state index contributed by atoms with van der Waals surface area (Å²) < 4.78 is 5.86. The van der Waals surface area contributed by atoms with Crippen molar-refractivity contribution in [1.82, 2.24) is 4.98 Å². The first-order valence-electron chi connectivity index (χ1n) is 6.35. The zero-order valence-electron chi connectivity index (χ0n) is 10.8. The summed E-state index contributed by atoms with van der Waals surface area (Å²) in [6, 6.07) is 15.5. The Morgan fingerprint density at radius 3 is 2.65 bits per heavy atom. The van der Waals surface area contributed by atoms with Crippen molar-refractivity contribution in [3.05, 3.63) is 64.8 Å². The molecule has 0 radical (unpaired) electrons. The molecule has 0 spiro atoms.